The number of aromatic amines is 1. The number of rotatable bonds is 2. The number of aromatic nitrogens is 2. The first-order chi connectivity index (χ1) is 6.06. The van der Waals surface area contributed by atoms with Gasteiger partial charge >= 0.3 is 0 Å². The zero-order chi connectivity index (χ0) is 10.0. The van der Waals surface area contributed by atoms with E-state index in [2.05, 4.69) is 16.5 Å². The number of H-pyrrole nitrogens is 1. The minimum Gasteiger partial charge on any atom is -0.346 e. The molecule has 1 rings (SSSR count). The molecular weight excluding hydrogens is 160 g/mol. The highest BCUT2D eigenvalue weighted by atomic mass is 14.9. The van der Waals surface area contributed by atoms with Crippen molar-refractivity contribution in [2.45, 2.75) is 27.7 Å². The number of nitrogens with zero attached hydrogens (tertiary/aromatic N) is 1. The number of hydrogen-bond acceptors (Lipinski definition) is 1. The molecule has 1 N–H and O–H groups in total. The monoisotopic (exact) mass is 176 g/mol. The van der Waals surface area contributed by atoms with Gasteiger partial charge in [-0.1, -0.05) is 12.7 Å². The first kappa shape index (κ1) is 9.78. The lowest BCUT2D eigenvalue weighted by Gasteiger charge is -2.03. The Labute approximate surface area is 79.4 Å². The smallest absolute Gasteiger partial charge is 0.103 e. The zero-order valence-electron chi connectivity index (χ0n) is 8.73. The lowest BCUT2D eigenvalue weighted by molar-refractivity contribution is 1.13. The van der Waals surface area contributed by atoms with Crippen LogP contribution >= 0.6 is 0 Å². The van der Waals surface area contributed by atoms with Gasteiger partial charge in [0, 0.05) is 11.3 Å². The lowest BCUT2D eigenvalue weighted by atomic mass is 10.0. The van der Waals surface area contributed by atoms with Crippen molar-refractivity contribution in [2.75, 3.05) is 0 Å². The molecule has 0 amide bonds. The van der Waals surface area contributed by atoms with Crippen LogP contribution in [0, 0.1) is 13.8 Å². The van der Waals surface area contributed by atoms with Gasteiger partial charge in [0.05, 0.1) is 5.69 Å². The second-order valence-electron chi connectivity index (χ2n) is 3.28. The van der Waals surface area contributed by atoms with E-state index in [1.165, 1.54) is 0 Å². The second kappa shape index (κ2) is 3.60. The fraction of sp³-hybridized carbons (Fsp3) is 0.364. The van der Waals surface area contributed by atoms with Crippen molar-refractivity contribution in [3.63, 3.8) is 0 Å². The number of imidazole rings is 1. The molecule has 0 aliphatic heterocycles. The maximum atomic E-state index is 4.42. The van der Waals surface area contributed by atoms with Crippen molar-refractivity contribution < 1.29 is 0 Å². The van der Waals surface area contributed by atoms with Crippen LogP contribution < -0.4 is 0 Å². The molecule has 0 bridgehead atoms. The predicted octanol–water partition coefficient (Wildman–Crippen LogP) is 3.01. The highest BCUT2D eigenvalue weighted by Crippen LogP contribution is 2.22. The van der Waals surface area contributed by atoms with Gasteiger partial charge in [-0.05, 0) is 33.3 Å². The van der Waals surface area contributed by atoms with E-state index in [0.29, 0.717) is 0 Å². The van der Waals surface area contributed by atoms with Gasteiger partial charge in [-0.15, -0.1) is 0 Å². The molecule has 1 heterocycles. The van der Waals surface area contributed by atoms with Gasteiger partial charge in [0.15, 0.2) is 0 Å². The molecule has 2 heteroatoms. The van der Waals surface area contributed by atoms with Crippen LogP contribution in [0.25, 0.3) is 5.57 Å². The van der Waals surface area contributed by atoms with E-state index < -0.39 is 0 Å². The van der Waals surface area contributed by atoms with Crippen LogP contribution in [-0.4, -0.2) is 9.97 Å². The van der Waals surface area contributed by atoms with Crippen molar-refractivity contribution >= 4 is 5.57 Å². The summed E-state index contributed by atoms with van der Waals surface area (Å²) in [5.41, 5.74) is 4.31. The van der Waals surface area contributed by atoms with E-state index in [9.17, 15) is 0 Å². The number of aryl methyl sites for hydroxylation is 2. The first-order valence-electron chi connectivity index (χ1n) is 4.42. The molecule has 70 valence electrons. The standard InChI is InChI=1S/C11H16N2/c1-6-10(7(2)3)11-8(4)12-9(5)13-11/h6H,2H2,1,3-5H3,(H,12,13)/b10-6+. The third-order valence-electron chi connectivity index (χ3n) is 2.01. The Morgan fingerprint density at radius 1 is 1.46 bits per heavy atom. The molecule has 0 aromatic carbocycles. The highest BCUT2D eigenvalue weighted by Gasteiger charge is 2.08. The van der Waals surface area contributed by atoms with Gasteiger partial charge in [-0.25, -0.2) is 4.98 Å². The van der Waals surface area contributed by atoms with Crippen molar-refractivity contribution in [3.05, 3.63) is 35.4 Å². The summed E-state index contributed by atoms with van der Waals surface area (Å²) in [4.78, 5) is 7.60. The van der Waals surface area contributed by atoms with Gasteiger partial charge < -0.3 is 4.98 Å². The van der Waals surface area contributed by atoms with Crippen LogP contribution in [0.5, 0.6) is 0 Å². The second-order valence-corrected chi connectivity index (χ2v) is 3.28. The third-order valence-corrected chi connectivity index (χ3v) is 2.01. The van der Waals surface area contributed by atoms with Crippen LogP contribution in [0.15, 0.2) is 18.2 Å². The Balaban J connectivity index is 3.20. The van der Waals surface area contributed by atoms with E-state index in [1.54, 1.807) is 0 Å². The SMILES string of the molecule is C=C(C)/C(=C\C)c1nc(C)[nH]c1C. The number of hydrogen-bond donors (Lipinski definition) is 1. The summed E-state index contributed by atoms with van der Waals surface area (Å²) in [7, 11) is 0. The van der Waals surface area contributed by atoms with E-state index in [-0.39, 0.29) is 0 Å². The molecule has 13 heavy (non-hydrogen) atoms. The van der Waals surface area contributed by atoms with Crippen molar-refractivity contribution in [1.29, 1.82) is 0 Å². The maximum Gasteiger partial charge on any atom is 0.103 e. The fourth-order valence-corrected chi connectivity index (χ4v) is 1.46. The first-order valence-corrected chi connectivity index (χ1v) is 4.42. The molecule has 0 saturated heterocycles. The summed E-state index contributed by atoms with van der Waals surface area (Å²) in [6.45, 7) is 11.9. The molecular formula is C11H16N2. The van der Waals surface area contributed by atoms with Gasteiger partial charge in [0.25, 0.3) is 0 Å². The van der Waals surface area contributed by atoms with Crippen LogP contribution in [0.3, 0.4) is 0 Å². The van der Waals surface area contributed by atoms with E-state index in [0.717, 1.165) is 28.4 Å². The Hall–Kier alpha value is -1.31. The normalized spacial score (nSPS) is 11.8. The van der Waals surface area contributed by atoms with Crippen LogP contribution in [-0.2, 0) is 0 Å². The van der Waals surface area contributed by atoms with Crippen LogP contribution in [0.4, 0.5) is 0 Å². The topological polar surface area (TPSA) is 28.7 Å². The molecule has 0 aliphatic rings. The highest BCUT2D eigenvalue weighted by molar-refractivity contribution is 5.76. The number of allylic oxidation sites excluding steroid dienone is 3. The summed E-state index contributed by atoms with van der Waals surface area (Å²) in [5, 5.41) is 0. The number of nitrogens with one attached hydrogen (secondary N) is 1. The Morgan fingerprint density at radius 2 is 2.08 bits per heavy atom. The molecule has 0 saturated carbocycles. The summed E-state index contributed by atoms with van der Waals surface area (Å²) in [5.74, 6) is 0.952. The Kier molecular flexibility index (Phi) is 2.71. The van der Waals surface area contributed by atoms with Crippen molar-refractivity contribution in [2.24, 2.45) is 0 Å². The van der Waals surface area contributed by atoms with E-state index >= 15 is 0 Å². The molecule has 1 aromatic rings. The summed E-state index contributed by atoms with van der Waals surface area (Å²) < 4.78 is 0. The Morgan fingerprint density at radius 3 is 2.38 bits per heavy atom. The quantitative estimate of drug-likeness (QED) is 0.689. The average molecular weight is 176 g/mol. The largest absolute Gasteiger partial charge is 0.346 e. The summed E-state index contributed by atoms with van der Waals surface area (Å²) >= 11 is 0. The maximum absolute atomic E-state index is 4.42. The lowest BCUT2D eigenvalue weighted by Crippen LogP contribution is -1.88. The molecule has 0 aliphatic carbocycles. The zero-order valence-corrected chi connectivity index (χ0v) is 8.73. The van der Waals surface area contributed by atoms with E-state index in [4.69, 9.17) is 0 Å². The fourth-order valence-electron chi connectivity index (χ4n) is 1.46. The minimum absolute atomic E-state index is 0.952. The van der Waals surface area contributed by atoms with E-state index in [1.807, 2.05) is 33.8 Å². The van der Waals surface area contributed by atoms with Gasteiger partial charge in [0.2, 0.25) is 0 Å². The Bertz CT molecular complexity index is 356. The van der Waals surface area contributed by atoms with Gasteiger partial charge in [0.1, 0.15) is 5.82 Å². The molecule has 0 fully saturated rings. The van der Waals surface area contributed by atoms with Crippen LogP contribution in [0.2, 0.25) is 0 Å². The molecule has 1 aromatic heterocycles. The predicted molar refractivity (Wildman–Crippen MR) is 56.5 cm³/mol. The van der Waals surface area contributed by atoms with Gasteiger partial charge in [-0.3, -0.25) is 0 Å². The molecule has 0 unspecified atom stereocenters. The summed E-state index contributed by atoms with van der Waals surface area (Å²) in [6, 6.07) is 0. The van der Waals surface area contributed by atoms with Crippen LogP contribution in [0.1, 0.15) is 31.1 Å². The van der Waals surface area contributed by atoms with Gasteiger partial charge in [-0.2, -0.15) is 0 Å². The summed E-state index contributed by atoms with van der Waals surface area (Å²) in [6.07, 6.45) is 2.05. The average Bonchev–Trinajstić information content (AvgIpc) is 2.31. The molecule has 0 atom stereocenters. The van der Waals surface area contributed by atoms with Crippen molar-refractivity contribution in [1.82, 2.24) is 9.97 Å². The third kappa shape index (κ3) is 1.89. The molecule has 2 nitrogen and oxygen atoms in total. The molecule has 0 spiro atoms. The van der Waals surface area contributed by atoms with Crippen molar-refractivity contribution in [3.8, 4) is 0 Å². The minimum atomic E-state index is 0.952. The molecule has 0 radical (unpaired) electrons.